The minimum atomic E-state index is -0.244. The highest BCUT2D eigenvalue weighted by molar-refractivity contribution is 5.76. The fourth-order valence-electron chi connectivity index (χ4n) is 2.89. The summed E-state index contributed by atoms with van der Waals surface area (Å²) in [6.45, 7) is 1.75. The summed E-state index contributed by atoms with van der Waals surface area (Å²) >= 11 is 0. The molecule has 136 valence electrons. The van der Waals surface area contributed by atoms with Crippen LogP contribution in [0.1, 0.15) is 24.8 Å². The molecule has 7 heteroatoms. The van der Waals surface area contributed by atoms with Crippen LogP contribution in [0, 0.1) is 11.3 Å². The molecule has 7 nitrogen and oxygen atoms in total. The van der Waals surface area contributed by atoms with Crippen LogP contribution in [-0.2, 0) is 16.1 Å². The van der Waals surface area contributed by atoms with Crippen molar-refractivity contribution in [1.29, 1.82) is 5.26 Å². The van der Waals surface area contributed by atoms with E-state index in [-0.39, 0.29) is 18.1 Å². The summed E-state index contributed by atoms with van der Waals surface area (Å²) in [5, 5.41) is 16.1. The van der Waals surface area contributed by atoms with Crippen molar-refractivity contribution in [3.63, 3.8) is 0 Å². The predicted octanol–water partition coefficient (Wildman–Crippen LogP) is 1.89. The second-order valence-corrected chi connectivity index (χ2v) is 6.20. The van der Waals surface area contributed by atoms with Gasteiger partial charge < -0.3 is 14.8 Å². The lowest BCUT2D eigenvalue weighted by molar-refractivity contribution is -0.124. The van der Waals surface area contributed by atoms with Gasteiger partial charge in [0.1, 0.15) is 11.9 Å². The monoisotopic (exact) mass is 354 g/mol. The van der Waals surface area contributed by atoms with Gasteiger partial charge in [-0.3, -0.25) is 9.48 Å². The van der Waals surface area contributed by atoms with Crippen LogP contribution in [0.5, 0.6) is 5.75 Å². The van der Waals surface area contributed by atoms with E-state index in [0.29, 0.717) is 37.4 Å². The van der Waals surface area contributed by atoms with Crippen molar-refractivity contribution in [1.82, 2.24) is 15.1 Å². The van der Waals surface area contributed by atoms with Gasteiger partial charge in [0.25, 0.3) is 0 Å². The molecule has 0 bridgehead atoms. The van der Waals surface area contributed by atoms with Gasteiger partial charge in [-0.25, -0.2) is 0 Å². The molecule has 1 aliphatic rings. The molecule has 1 aliphatic heterocycles. The number of rotatable bonds is 7. The number of nitrogens with one attached hydrogen (secondary N) is 1. The van der Waals surface area contributed by atoms with E-state index >= 15 is 0 Å². The third kappa shape index (κ3) is 5.07. The molecule has 0 unspecified atom stereocenters. The average molecular weight is 354 g/mol. The second kappa shape index (κ2) is 9.02. The summed E-state index contributed by atoms with van der Waals surface area (Å²) in [6, 6.07) is 10.8. The lowest BCUT2D eigenvalue weighted by atomic mass is 10.1. The van der Waals surface area contributed by atoms with E-state index in [1.165, 1.54) is 0 Å². The number of nitrogens with zero attached hydrogens (tertiary/aromatic N) is 3. The molecular formula is C19H22N4O3. The number of amides is 1. The van der Waals surface area contributed by atoms with Crippen molar-refractivity contribution in [2.75, 3.05) is 13.2 Å². The predicted molar refractivity (Wildman–Crippen MR) is 94.4 cm³/mol. The molecule has 26 heavy (non-hydrogen) atoms. The van der Waals surface area contributed by atoms with E-state index in [2.05, 4.69) is 16.5 Å². The number of aromatic nitrogens is 2. The van der Waals surface area contributed by atoms with E-state index in [1.807, 2.05) is 16.9 Å². The van der Waals surface area contributed by atoms with E-state index in [1.54, 1.807) is 30.5 Å². The van der Waals surface area contributed by atoms with Gasteiger partial charge >= 0.3 is 0 Å². The zero-order valence-electron chi connectivity index (χ0n) is 14.5. The van der Waals surface area contributed by atoms with Crippen LogP contribution in [0.2, 0.25) is 0 Å². The van der Waals surface area contributed by atoms with Crippen molar-refractivity contribution in [3.8, 4) is 11.8 Å². The molecule has 0 spiro atoms. The first-order chi connectivity index (χ1) is 12.7. The van der Waals surface area contributed by atoms with E-state index in [9.17, 15) is 4.79 Å². The number of benzene rings is 1. The molecule has 2 heterocycles. The molecule has 1 aromatic carbocycles. The minimum absolute atomic E-state index is 0.0116. The highest BCUT2D eigenvalue weighted by Crippen LogP contribution is 2.18. The summed E-state index contributed by atoms with van der Waals surface area (Å²) in [7, 11) is 0. The van der Waals surface area contributed by atoms with Crippen LogP contribution < -0.4 is 10.1 Å². The van der Waals surface area contributed by atoms with Gasteiger partial charge in [0.05, 0.1) is 24.3 Å². The molecule has 1 amide bonds. The zero-order chi connectivity index (χ0) is 18.2. The van der Waals surface area contributed by atoms with Crippen LogP contribution >= 0.6 is 0 Å². The topological polar surface area (TPSA) is 89.2 Å². The zero-order valence-corrected chi connectivity index (χ0v) is 14.5. The summed E-state index contributed by atoms with van der Waals surface area (Å²) < 4.78 is 13.3. The maximum absolute atomic E-state index is 12.2. The summed E-state index contributed by atoms with van der Waals surface area (Å²) in [5.41, 5.74) is 0.583. The Bertz CT molecular complexity index is 737. The van der Waals surface area contributed by atoms with Gasteiger partial charge in [-0.2, -0.15) is 10.4 Å². The molecule has 1 aromatic heterocycles. The lowest BCUT2D eigenvalue weighted by Gasteiger charge is -2.32. The quantitative estimate of drug-likeness (QED) is 0.820. The van der Waals surface area contributed by atoms with Crippen molar-refractivity contribution < 1.29 is 14.3 Å². The van der Waals surface area contributed by atoms with Crippen molar-refractivity contribution in [3.05, 3.63) is 48.3 Å². The maximum atomic E-state index is 12.2. The number of aryl methyl sites for hydroxylation is 1. The Morgan fingerprint density at radius 1 is 1.42 bits per heavy atom. The van der Waals surface area contributed by atoms with Crippen LogP contribution in [0.15, 0.2) is 42.7 Å². The Balaban J connectivity index is 1.49. The molecule has 0 aliphatic carbocycles. The van der Waals surface area contributed by atoms with Crippen molar-refractivity contribution in [2.24, 2.45) is 0 Å². The molecule has 0 radical (unpaired) electrons. The van der Waals surface area contributed by atoms with Crippen molar-refractivity contribution >= 4 is 5.91 Å². The molecule has 1 N–H and O–H groups in total. The Hall–Kier alpha value is -2.85. The summed E-state index contributed by atoms with van der Waals surface area (Å²) in [4.78, 5) is 12.2. The molecule has 0 saturated carbocycles. The summed E-state index contributed by atoms with van der Waals surface area (Å²) in [6.07, 6.45) is 5.27. The first kappa shape index (κ1) is 18.0. The Morgan fingerprint density at radius 3 is 3.00 bits per heavy atom. The third-order valence-corrected chi connectivity index (χ3v) is 4.27. The molecule has 3 rings (SSSR count). The Morgan fingerprint density at radius 2 is 2.27 bits per heavy atom. The number of nitriles is 1. The normalized spacial score (nSPS) is 19.5. The lowest BCUT2D eigenvalue weighted by Crippen LogP contribution is -2.51. The van der Waals surface area contributed by atoms with E-state index in [0.717, 1.165) is 13.0 Å². The molecular weight excluding hydrogens is 332 g/mol. The summed E-state index contributed by atoms with van der Waals surface area (Å²) in [5.74, 6) is 0.676. The second-order valence-electron chi connectivity index (χ2n) is 6.20. The molecule has 1 fully saturated rings. The largest absolute Gasteiger partial charge is 0.486 e. The van der Waals surface area contributed by atoms with Gasteiger partial charge in [0.15, 0.2) is 0 Å². The van der Waals surface area contributed by atoms with Gasteiger partial charge in [-0.05, 0) is 43.2 Å². The van der Waals surface area contributed by atoms with Gasteiger partial charge in [-0.15, -0.1) is 0 Å². The highest BCUT2D eigenvalue weighted by Gasteiger charge is 2.28. The highest BCUT2D eigenvalue weighted by atomic mass is 16.5. The smallest absolute Gasteiger partial charge is 0.220 e. The maximum Gasteiger partial charge on any atom is 0.220 e. The van der Waals surface area contributed by atoms with Crippen LogP contribution in [0.3, 0.4) is 0 Å². The van der Waals surface area contributed by atoms with Crippen LogP contribution in [-0.4, -0.2) is 41.0 Å². The number of ether oxygens (including phenoxy) is 2. The number of carbonyl (C=O) groups excluding carboxylic acids is 1. The van der Waals surface area contributed by atoms with E-state index in [4.69, 9.17) is 14.7 Å². The van der Waals surface area contributed by atoms with Gasteiger partial charge in [0, 0.05) is 32.0 Å². The third-order valence-electron chi connectivity index (χ3n) is 4.27. The SMILES string of the molecule is N#Cc1ccc(O[C@@H]2COCC[C@H]2NC(=O)CCCn2cccn2)cc1. The van der Waals surface area contributed by atoms with E-state index < -0.39 is 0 Å². The fourth-order valence-corrected chi connectivity index (χ4v) is 2.89. The first-order valence-corrected chi connectivity index (χ1v) is 8.76. The molecule has 1 saturated heterocycles. The minimum Gasteiger partial charge on any atom is -0.486 e. The number of hydrogen-bond donors (Lipinski definition) is 1. The molecule has 2 atom stereocenters. The number of carbonyl (C=O) groups is 1. The number of hydrogen-bond acceptors (Lipinski definition) is 5. The average Bonchev–Trinajstić information content (AvgIpc) is 3.17. The molecule has 2 aromatic rings. The van der Waals surface area contributed by atoms with Crippen molar-refractivity contribution in [2.45, 2.75) is 38.0 Å². The first-order valence-electron chi connectivity index (χ1n) is 8.76. The Labute approximate surface area is 152 Å². The Kier molecular flexibility index (Phi) is 6.23. The standard InChI is InChI=1S/C19H22N4O3/c20-13-15-4-6-16(7-5-15)26-18-14-25-12-8-17(18)22-19(24)3-1-10-23-11-2-9-21-23/h2,4-7,9,11,17-18H,1,3,8,10,12,14H2,(H,22,24)/t17-,18-/m1/s1. The van der Waals surface area contributed by atoms with Gasteiger partial charge in [0.2, 0.25) is 5.91 Å². The van der Waals surface area contributed by atoms with Gasteiger partial charge in [-0.1, -0.05) is 0 Å². The van der Waals surface area contributed by atoms with Crippen LogP contribution in [0.4, 0.5) is 0 Å². The van der Waals surface area contributed by atoms with Crippen LogP contribution in [0.25, 0.3) is 0 Å². The fraction of sp³-hybridized carbons (Fsp3) is 0.421.